The summed E-state index contributed by atoms with van der Waals surface area (Å²) in [5.74, 6) is -0.729. The van der Waals surface area contributed by atoms with Crippen LogP contribution in [0.1, 0.15) is 89.3 Å². The SMILES string of the molecule is Cc1ccc(C(=O)C(C)(C)O)cc1.Cc1ccc(C(=O)C(C)(C)O)cc1.Cc1ccc(C(=O)C(C)(C)O)cc1. The fourth-order valence-corrected chi connectivity index (χ4v) is 3.17. The summed E-state index contributed by atoms with van der Waals surface area (Å²) in [7, 11) is 0. The third-order valence-corrected chi connectivity index (χ3v) is 5.61. The number of hydrogen-bond acceptors (Lipinski definition) is 6. The lowest BCUT2D eigenvalue weighted by molar-refractivity contribution is 0.0487. The van der Waals surface area contributed by atoms with Crippen LogP contribution in [-0.2, 0) is 0 Å². The Morgan fingerprint density at radius 3 is 0.692 bits per heavy atom. The van der Waals surface area contributed by atoms with Crippen LogP contribution in [0, 0.1) is 20.8 Å². The maximum absolute atomic E-state index is 11.5. The summed E-state index contributed by atoms with van der Waals surface area (Å²) in [5, 5.41) is 28.4. The molecule has 3 aromatic rings. The maximum Gasteiger partial charge on any atom is 0.193 e. The molecule has 0 bridgehead atoms. The van der Waals surface area contributed by atoms with Gasteiger partial charge in [0, 0.05) is 16.7 Å². The van der Waals surface area contributed by atoms with E-state index in [4.69, 9.17) is 0 Å². The summed E-state index contributed by atoms with van der Waals surface area (Å²) in [5.41, 5.74) is 1.13. The van der Waals surface area contributed by atoms with Crippen molar-refractivity contribution in [2.24, 2.45) is 0 Å². The highest BCUT2D eigenvalue weighted by Gasteiger charge is 2.26. The first-order valence-electron chi connectivity index (χ1n) is 12.7. The van der Waals surface area contributed by atoms with Crippen molar-refractivity contribution in [1.82, 2.24) is 0 Å². The molecule has 3 aromatic carbocycles. The molecule has 6 nitrogen and oxygen atoms in total. The molecule has 0 atom stereocenters. The van der Waals surface area contributed by atoms with Crippen molar-refractivity contribution in [3.05, 3.63) is 106 Å². The van der Waals surface area contributed by atoms with Crippen molar-refractivity contribution >= 4 is 17.3 Å². The van der Waals surface area contributed by atoms with Crippen LogP contribution in [0.15, 0.2) is 72.8 Å². The smallest absolute Gasteiger partial charge is 0.193 e. The van der Waals surface area contributed by atoms with E-state index in [1.807, 2.05) is 57.2 Å². The summed E-state index contributed by atoms with van der Waals surface area (Å²) < 4.78 is 0. The fourth-order valence-electron chi connectivity index (χ4n) is 3.17. The number of carbonyl (C=O) groups is 3. The van der Waals surface area contributed by atoms with Crippen LogP contribution >= 0.6 is 0 Å². The zero-order valence-electron chi connectivity index (χ0n) is 24.5. The van der Waals surface area contributed by atoms with Crippen LogP contribution in [0.2, 0.25) is 0 Å². The minimum Gasteiger partial charge on any atom is -0.382 e. The van der Waals surface area contributed by atoms with Crippen LogP contribution in [0.3, 0.4) is 0 Å². The molecule has 0 saturated carbocycles. The molecule has 0 heterocycles. The Kier molecular flexibility index (Phi) is 11.7. The Morgan fingerprint density at radius 2 is 0.564 bits per heavy atom. The number of rotatable bonds is 6. The topological polar surface area (TPSA) is 112 Å². The van der Waals surface area contributed by atoms with Crippen molar-refractivity contribution < 1.29 is 29.7 Å². The molecular formula is C33H42O6. The van der Waals surface area contributed by atoms with Gasteiger partial charge >= 0.3 is 0 Å². The van der Waals surface area contributed by atoms with E-state index in [1.54, 1.807) is 36.4 Å². The summed E-state index contributed by atoms with van der Waals surface area (Å²) in [6.45, 7) is 14.8. The number of hydrogen-bond donors (Lipinski definition) is 3. The minimum absolute atomic E-state index is 0.243. The minimum atomic E-state index is -1.28. The van der Waals surface area contributed by atoms with E-state index in [2.05, 4.69) is 0 Å². The molecule has 0 amide bonds. The average Bonchev–Trinajstić information content (AvgIpc) is 2.83. The second kappa shape index (κ2) is 13.6. The lowest BCUT2D eigenvalue weighted by Gasteiger charge is -2.15. The molecule has 6 heteroatoms. The molecule has 39 heavy (non-hydrogen) atoms. The van der Waals surface area contributed by atoms with Gasteiger partial charge in [-0.05, 0) is 62.3 Å². The molecule has 0 aliphatic rings. The standard InChI is InChI=1S/3C11H14O2/c3*1-8-4-6-9(7-5-8)10(12)11(2,3)13/h3*4-7,13H,1-3H3. The predicted octanol–water partition coefficient (Wildman–Crippen LogP) is 5.85. The lowest BCUT2D eigenvalue weighted by Crippen LogP contribution is -2.30. The van der Waals surface area contributed by atoms with Gasteiger partial charge in [0.15, 0.2) is 17.3 Å². The second-order valence-corrected chi connectivity index (χ2v) is 11.3. The van der Waals surface area contributed by atoms with Crippen molar-refractivity contribution in [2.45, 2.75) is 79.1 Å². The maximum atomic E-state index is 11.5. The van der Waals surface area contributed by atoms with Gasteiger partial charge in [0.1, 0.15) is 16.8 Å². The first kappa shape index (κ1) is 33.6. The number of Topliss-reactive ketones (excluding diaryl/α,β-unsaturated/α-hetero) is 3. The summed E-state index contributed by atoms with van der Waals surface area (Å²) in [6.07, 6.45) is 0. The predicted molar refractivity (Wildman–Crippen MR) is 155 cm³/mol. The lowest BCUT2D eigenvalue weighted by atomic mass is 9.96. The highest BCUT2D eigenvalue weighted by Crippen LogP contribution is 2.15. The quantitative estimate of drug-likeness (QED) is 0.342. The van der Waals surface area contributed by atoms with E-state index in [0.717, 1.165) is 16.7 Å². The van der Waals surface area contributed by atoms with Crippen LogP contribution in [0.4, 0.5) is 0 Å². The number of carbonyl (C=O) groups excluding carboxylic acids is 3. The molecule has 0 unspecified atom stereocenters. The van der Waals surface area contributed by atoms with Crippen LogP contribution in [-0.4, -0.2) is 49.5 Å². The Labute approximate surface area is 232 Å². The number of aryl methyl sites for hydroxylation is 3. The third kappa shape index (κ3) is 11.4. The molecule has 0 saturated heterocycles. The van der Waals surface area contributed by atoms with Gasteiger partial charge in [-0.1, -0.05) is 89.5 Å². The molecular weight excluding hydrogens is 492 g/mol. The Bertz CT molecular complexity index is 1070. The van der Waals surface area contributed by atoms with E-state index < -0.39 is 16.8 Å². The van der Waals surface area contributed by atoms with E-state index >= 15 is 0 Å². The highest BCUT2D eigenvalue weighted by atomic mass is 16.3. The zero-order valence-corrected chi connectivity index (χ0v) is 24.5. The van der Waals surface area contributed by atoms with Gasteiger partial charge in [-0.3, -0.25) is 14.4 Å². The monoisotopic (exact) mass is 534 g/mol. The molecule has 0 fully saturated rings. The van der Waals surface area contributed by atoms with Crippen LogP contribution in [0.25, 0.3) is 0 Å². The number of benzene rings is 3. The van der Waals surface area contributed by atoms with Gasteiger partial charge < -0.3 is 15.3 Å². The van der Waals surface area contributed by atoms with Crippen molar-refractivity contribution in [2.75, 3.05) is 0 Å². The van der Waals surface area contributed by atoms with Crippen LogP contribution in [0.5, 0.6) is 0 Å². The Balaban J connectivity index is 0.000000292. The molecule has 0 aromatic heterocycles. The summed E-state index contributed by atoms with van der Waals surface area (Å²) in [4.78, 5) is 34.6. The van der Waals surface area contributed by atoms with Gasteiger partial charge in [-0.25, -0.2) is 0 Å². The fraction of sp³-hybridized carbons (Fsp3) is 0.364. The van der Waals surface area contributed by atoms with Crippen molar-refractivity contribution in [1.29, 1.82) is 0 Å². The van der Waals surface area contributed by atoms with E-state index in [1.165, 1.54) is 41.5 Å². The van der Waals surface area contributed by atoms with Crippen LogP contribution < -0.4 is 0 Å². The summed E-state index contributed by atoms with van der Waals surface area (Å²) in [6, 6.07) is 21.6. The molecule has 0 spiro atoms. The van der Waals surface area contributed by atoms with Gasteiger partial charge in [0.25, 0.3) is 0 Å². The molecule has 0 aliphatic heterocycles. The third-order valence-electron chi connectivity index (χ3n) is 5.61. The molecule has 3 rings (SSSR count). The van der Waals surface area contributed by atoms with E-state index in [0.29, 0.717) is 16.7 Å². The van der Waals surface area contributed by atoms with Gasteiger partial charge in [-0.15, -0.1) is 0 Å². The first-order chi connectivity index (χ1) is 17.7. The van der Waals surface area contributed by atoms with Gasteiger partial charge in [0.2, 0.25) is 0 Å². The largest absolute Gasteiger partial charge is 0.382 e. The normalized spacial score (nSPS) is 11.4. The molecule has 3 N–H and O–H groups in total. The Morgan fingerprint density at radius 1 is 0.410 bits per heavy atom. The first-order valence-corrected chi connectivity index (χ1v) is 12.7. The average molecular weight is 535 g/mol. The molecule has 210 valence electrons. The number of ketones is 3. The second-order valence-electron chi connectivity index (χ2n) is 11.3. The summed E-state index contributed by atoms with van der Waals surface area (Å²) >= 11 is 0. The molecule has 0 radical (unpaired) electrons. The van der Waals surface area contributed by atoms with Gasteiger partial charge in [-0.2, -0.15) is 0 Å². The number of aliphatic hydroxyl groups is 3. The van der Waals surface area contributed by atoms with E-state index in [9.17, 15) is 29.7 Å². The highest BCUT2D eigenvalue weighted by molar-refractivity contribution is 6.02. The van der Waals surface area contributed by atoms with E-state index in [-0.39, 0.29) is 17.3 Å². The van der Waals surface area contributed by atoms with Crippen molar-refractivity contribution in [3.8, 4) is 0 Å². The van der Waals surface area contributed by atoms with Gasteiger partial charge in [0.05, 0.1) is 0 Å². The molecule has 0 aliphatic carbocycles. The van der Waals surface area contributed by atoms with Crippen molar-refractivity contribution in [3.63, 3.8) is 0 Å². The Hall–Kier alpha value is -3.45. The zero-order chi connectivity index (χ0) is 30.2.